The third-order valence-electron chi connectivity index (χ3n) is 4.01. The van der Waals surface area contributed by atoms with Crippen molar-refractivity contribution in [2.24, 2.45) is 5.92 Å². The Balaban J connectivity index is 2.00. The van der Waals surface area contributed by atoms with Gasteiger partial charge in [0.25, 0.3) is 5.91 Å². The number of imidazole rings is 1. The number of unbranched alkanes of at least 4 members (excludes halogenated alkanes) is 1. The molecule has 1 aromatic carbocycles. The van der Waals surface area contributed by atoms with E-state index in [4.69, 9.17) is 16.8 Å². The predicted octanol–water partition coefficient (Wildman–Crippen LogP) is 2.39. The predicted molar refractivity (Wildman–Crippen MR) is 97.6 cm³/mol. The van der Waals surface area contributed by atoms with Gasteiger partial charge in [0.2, 0.25) is 5.91 Å². The fourth-order valence-electron chi connectivity index (χ4n) is 2.55. The van der Waals surface area contributed by atoms with Gasteiger partial charge in [-0.3, -0.25) is 14.8 Å². The minimum Gasteiger partial charge on any atom is -0.350 e. The van der Waals surface area contributed by atoms with Gasteiger partial charge in [0.05, 0.1) is 12.2 Å². The van der Waals surface area contributed by atoms with E-state index in [0.29, 0.717) is 10.8 Å². The molecule has 7 nitrogen and oxygen atoms in total. The molecule has 0 fully saturated rings. The molecule has 0 aliphatic heterocycles. The van der Waals surface area contributed by atoms with Gasteiger partial charge in [-0.25, -0.2) is 10.5 Å². The topological polar surface area (TPSA) is 107 Å². The average molecular weight is 379 g/mol. The summed E-state index contributed by atoms with van der Waals surface area (Å²) in [5, 5.41) is 11.9. The highest BCUT2D eigenvalue weighted by atomic mass is 35.5. The van der Waals surface area contributed by atoms with Crippen molar-refractivity contribution in [1.29, 1.82) is 0 Å². The Hall–Kier alpha value is -2.38. The van der Waals surface area contributed by atoms with Crippen LogP contribution in [0, 0.1) is 5.92 Å². The van der Waals surface area contributed by atoms with Gasteiger partial charge in [-0.15, -0.1) is 0 Å². The van der Waals surface area contributed by atoms with Crippen molar-refractivity contribution < 1.29 is 14.8 Å². The van der Waals surface area contributed by atoms with Crippen molar-refractivity contribution >= 4 is 23.4 Å². The fourth-order valence-corrected chi connectivity index (χ4v) is 2.77. The molecule has 0 bridgehead atoms. The Morgan fingerprint density at radius 2 is 2.00 bits per heavy atom. The minimum atomic E-state index is -1.05. The van der Waals surface area contributed by atoms with E-state index in [1.165, 1.54) is 0 Å². The molecule has 140 valence electrons. The van der Waals surface area contributed by atoms with Crippen LogP contribution in [0.3, 0.4) is 0 Å². The highest BCUT2D eigenvalue weighted by Gasteiger charge is 2.27. The van der Waals surface area contributed by atoms with Crippen LogP contribution in [-0.4, -0.2) is 27.0 Å². The molecule has 1 heterocycles. The summed E-state index contributed by atoms with van der Waals surface area (Å²) in [6.45, 7) is 2.21. The number of nitrogens with one attached hydrogen (secondary N) is 3. The third-order valence-corrected chi connectivity index (χ3v) is 4.32. The molecule has 8 heteroatoms. The van der Waals surface area contributed by atoms with Crippen LogP contribution >= 0.6 is 11.6 Å². The molecule has 2 rings (SSSR count). The number of benzene rings is 1. The number of H-pyrrole nitrogens is 1. The van der Waals surface area contributed by atoms with E-state index >= 15 is 0 Å². The van der Waals surface area contributed by atoms with Crippen LogP contribution in [0.5, 0.6) is 0 Å². The molecule has 2 amide bonds. The van der Waals surface area contributed by atoms with Crippen LogP contribution in [0.4, 0.5) is 0 Å². The normalized spacial score (nSPS) is 11.8. The van der Waals surface area contributed by atoms with Crippen molar-refractivity contribution in [3.8, 4) is 0 Å². The fraction of sp³-hybridized carbons (Fsp3) is 0.389. The second-order valence-corrected chi connectivity index (χ2v) is 6.35. The van der Waals surface area contributed by atoms with Crippen LogP contribution in [-0.2, 0) is 29.0 Å². The summed E-state index contributed by atoms with van der Waals surface area (Å²) < 4.78 is 0. The average Bonchev–Trinajstić information content (AvgIpc) is 3.02. The van der Waals surface area contributed by atoms with E-state index in [1.807, 2.05) is 30.3 Å². The van der Waals surface area contributed by atoms with Crippen molar-refractivity contribution in [2.45, 2.75) is 39.2 Å². The minimum absolute atomic E-state index is 0.126. The van der Waals surface area contributed by atoms with Crippen molar-refractivity contribution in [2.75, 3.05) is 0 Å². The zero-order valence-corrected chi connectivity index (χ0v) is 15.3. The van der Waals surface area contributed by atoms with Crippen LogP contribution in [0.1, 0.15) is 36.8 Å². The van der Waals surface area contributed by atoms with Gasteiger partial charge < -0.3 is 10.3 Å². The monoisotopic (exact) mass is 378 g/mol. The van der Waals surface area contributed by atoms with Gasteiger partial charge in [0.15, 0.2) is 5.15 Å². The van der Waals surface area contributed by atoms with Gasteiger partial charge in [0.1, 0.15) is 11.7 Å². The summed E-state index contributed by atoms with van der Waals surface area (Å²) in [5.74, 6) is -1.54. The third kappa shape index (κ3) is 5.57. The van der Waals surface area contributed by atoms with Crippen molar-refractivity contribution in [1.82, 2.24) is 20.8 Å². The number of carbonyl (C=O) groups is 2. The second-order valence-electron chi connectivity index (χ2n) is 5.99. The van der Waals surface area contributed by atoms with Crippen LogP contribution in [0.25, 0.3) is 0 Å². The van der Waals surface area contributed by atoms with Gasteiger partial charge in [0, 0.05) is 6.42 Å². The van der Waals surface area contributed by atoms with Crippen molar-refractivity contribution in [3.63, 3.8) is 0 Å². The van der Waals surface area contributed by atoms with E-state index in [0.717, 1.165) is 30.7 Å². The summed E-state index contributed by atoms with van der Waals surface area (Å²) in [6.07, 6.45) is 3.00. The molecule has 1 atom stereocenters. The number of nitrogens with zero attached hydrogens (tertiary/aromatic N) is 1. The number of amides is 2. The first-order chi connectivity index (χ1) is 12.5. The van der Waals surface area contributed by atoms with Gasteiger partial charge in [-0.1, -0.05) is 55.3 Å². The molecule has 26 heavy (non-hydrogen) atoms. The van der Waals surface area contributed by atoms with Crippen LogP contribution < -0.4 is 10.8 Å². The summed E-state index contributed by atoms with van der Waals surface area (Å²) >= 11 is 6.09. The number of hydroxylamine groups is 1. The maximum atomic E-state index is 12.5. The van der Waals surface area contributed by atoms with E-state index in [9.17, 15) is 9.59 Å². The smallest absolute Gasteiger partial charge is 0.256 e. The Morgan fingerprint density at radius 3 is 2.65 bits per heavy atom. The molecule has 2 aromatic rings. The SMILES string of the molecule is CCCCc1nc(Cl)c(CNC(=O)C(Cc2ccccc2)C(=O)NO)[nH]1. The Labute approximate surface area is 157 Å². The van der Waals surface area contributed by atoms with E-state index < -0.39 is 17.7 Å². The largest absolute Gasteiger partial charge is 0.350 e. The molecular weight excluding hydrogens is 356 g/mol. The Morgan fingerprint density at radius 1 is 1.27 bits per heavy atom. The molecule has 0 saturated heterocycles. The number of aromatic amines is 1. The molecule has 0 radical (unpaired) electrons. The number of aryl methyl sites for hydroxylation is 1. The standard InChI is InChI=1S/C18H23ClN4O3/c1-2-3-9-15-21-14(16(19)22-15)11-20-17(24)13(18(25)23-26)10-12-7-5-4-6-8-12/h4-8,13,26H,2-3,9-11H2,1H3,(H,20,24)(H,21,22)(H,23,25). The number of halogens is 1. The summed E-state index contributed by atoms with van der Waals surface area (Å²) in [7, 11) is 0. The Kier molecular flexibility index (Phi) is 7.62. The molecule has 0 aliphatic carbocycles. The van der Waals surface area contributed by atoms with E-state index in [-0.39, 0.29) is 13.0 Å². The number of hydrogen-bond donors (Lipinski definition) is 4. The van der Waals surface area contributed by atoms with Gasteiger partial charge >= 0.3 is 0 Å². The quantitative estimate of drug-likeness (QED) is 0.305. The zero-order valence-electron chi connectivity index (χ0n) is 14.6. The number of hydrogen-bond acceptors (Lipinski definition) is 4. The summed E-state index contributed by atoms with van der Waals surface area (Å²) in [5.41, 5.74) is 2.97. The summed E-state index contributed by atoms with van der Waals surface area (Å²) in [6, 6.07) is 9.13. The molecule has 0 aliphatic rings. The summed E-state index contributed by atoms with van der Waals surface area (Å²) in [4.78, 5) is 31.7. The molecular formula is C18H23ClN4O3. The molecule has 0 spiro atoms. The molecule has 4 N–H and O–H groups in total. The lowest BCUT2D eigenvalue weighted by molar-refractivity contribution is -0.140. The lowest BCUT2D eigenvalue weighted by Gasteiger charge is -2.15. The zero-order chi connectivity index (χ0) is 18.9. The van der Waals surface area contributed by atoms with Gasteiger partial charge in [-0.05, 0) is 18.4 Å². The van der Waals surface area contributed by atoms with Gasteiger partial charge in [-0.2, -0.15) is 0 Å². The van der Waals surface area contributed by atoms with Crippen molar-refractivity contribution in [3.05, 3.63) is 52.6 Å². The first-order valence-electron chi connectivity index (χ1n) is 8.54. The van der Waals surface area contributed by atoms with Crippen LogP contribution in [0.2, 0.25) is 5.15 Å². The first kappa shape index (κ1) is 19.9. The second kappa shape index (κ2) is 9.94. The molecule has 1 unspecified atom stereocenters. The lowest BCUT2D eigenvalue weighted by atomic mass is 9.98. The number of rotatable bonds is 9. The maximum Gasteiger partial charge on any atom is 0.256 e. The number of carbonyl (C=O) groups excluding carboxylic acids is 2. The Bertz CT molecular complexity index is 733. The lowest BCUT2D eigenvalue weighted by Crippen LogP contribution is -2.41. The highest BCUT2D eigenvalue weighted by Crippen LogP contribution is 2.15. The highest BCUT2D eigenvalue weighted by molar-refractivity contribution is 6.30. The number of aromatic nitrogens is 2. The van der Waals surface area contributed by atoms with E-state index in [1.54, 1.807) is 5.48 Å². The molecule has 1 aromatic heterocycles. The maximum absolute atomic E-state index is 12.5. The van der Waals surface area contributed by atoms with E-state index in [2.05, 4.69) is 22.2 Å². The molecule has 0 saturated carbocycles. The first-order valence-corrected chi connectivity index (χ1v) is 8.91. The van der Waals surface area contributed by atoms with Crippen LogP contribution in [0.15, 0.2) is 30.3 Å².